The zero-order valence-corrected chi connectivity index (χ0v) is 16.5. The molecule has 0 aliphatic rings. The maximum absolute atomic E-state index is 13.3. The lowest BCUT2D eigenvalue weighted by Crippen LogP contribution is -2.24. The lowest BCUT2D eigenvalue weighted by molar-refractivity contribution is -0.0914. The number of nitrogens with one attached hydrogen (secondary N) is 2. The number of nitrogens with zero attached hydrogens (tertiary/aromatic N) is 4. The molecule has 30 heavy (non-hydrogen) atoms. The van der Waals surface area contributed by atoms with E-state index >= 15 is 0 Å². The van der Waals surface area contributed by atoms with E-state index in [4.69, 9.17) is 9.47 Å². The van der Waals surface area contributed by atoms with Gasteiger partial charge in [0.1, 0.15) is 11.6 Å². The van der Waals surface area contributed by atoms with Crippen LogP contribution >= 0.6 is 0 Å². The molecule has 154 valence electrons. The first-order chi connectivity index (χ1) is 14.7. The predicted molar refractivity (Wildman–Crippen MR) is 113 cm³/mol. The minimum atomic E-state index is -0.447. The molecule has 2 N–H and O–H groups in total. The van der Waals surface area contributed by atoms with Gasteiger partial charge in [-0.2, -0.15) is 15.1 Å². The van der Waals surface area contributed by atoms with Gasteiger partial charge in [0.15, 0.2) is 11.9 Å². The van der Waals surface area contributed by atoms with Crippen LogP contribution in [0.4, 0.5) is 21.8 Å². The van der Waals surface area contributed by atoms with Crippen LogP contribution in [0.1, 0.15) is 0 Å². The van der Waals surface area contributed by atoms with Crippen molar-refractivity contribution in [2.45, 2.75) is 6.29 Å². The molecule has 0 aliphatic carbocycles. The molecule has 0 spiro atoms. The van der Waals surface area contributed by atoms with Crippen LogP contribution in [0.5, 0.6) is 0 Å². The highest BCUT2D eigenvalue weighted by molar-refractivity contribution is 5.90. The van der Waals surface area contributed by atoms with Gasteiger partial charge in [-0.25, -0.2) is 9.07 Å². The van der Waals surface area contributed by atoms with Crippen LogP contribution in [0.3, 0.4) is 0 Å². The van der Waals surface area contributed by atoms with Gasteiger partial charge in [0.25, 0.3) is 0 Å². The van der Waals surface area contributed by atoms with E-state index in [1.807, 2.05) is 30.3 Å². The van der Waals surface area contributed by atoms with Gasteiger partial charge in [0.2, 0.25) is 5.95 Å². The molecule has 0 amide bonds. The van der Waals surface area contributed by atoms with E-state index in [-0.39, 0.29) is 5.82 Å². The zero-order valence-electron chi connectivity index (χ0n) is 16.5. The standard InChI is InChI=1S/C21H21FN6O2/c1-29-18(30-2)13-23-21-26-19(25-15-10-8-14(22)9-11-15)17-12-24-28(20(17)27-21)16-6-4-3-5-7-16/h3-12,18H,13H2,1-2H3,(H2,23,25,26,27). The first kappa shape index (κ1) is 19.7. The van der Waals surface area contributed by atoms with Crippen molar-refractivity contribution in [3.05, 3.63) is 66.6 Å². The summed E-state index contributed by atoms with van der Waals surface area (Å²) in [7, 11) is 3.12. The van der Waals surface area contributed by atoms with Gasteiger partial charge in [0.05, 0.1) is 23.8 Å². The molecule has 2 aromatic carbocycles. The molecule has 8 nitrogen and oxygen atoms in total. The third-order valence-electron chi connectivity index (χ3n) is 4.49. The Morgan fingerprint density at radius 3 is 2.43 bits per heavy atom. The number of rotatable bonds is 8. The van der Waals surface area contributed by atoms with Gasteiger partial charge in [-0.05, 0) is 36.4 Å². The number of halogens is 1. The van der Waals surface area contributed by atoms with E-state index in [2.05, 4.69) is 25.7 Å². The van der Waals surface area contributed by atoms with Gasteiger partial charge in [-0.15, -0.1) is 0 Å². The van der Waals surface area contributed by atoms with E-state index in [1.165, 1.54) is 12.1 Å². The Morgan fingerprint density at radius 1 is 1.00 bits per heavy atom. The van der Waals surface area contributed by atoms with E-state index < -0.39 is 6.29 Å². The number of aromatic nitrogens is 4. The monoisotopic (exact) mass is 408 g/mol. The summed E-state index contributed by atoms with van der Waals surface area (Å²) in [5, 5.41) is 11.6. The van der Waals surface area contributed by atoms with Crippen LogP contribution in [-0.2, 0) is 9.47 Å². The number of para-hydroxylation sites is 1. The summed E-state index contributed by atoms with van der Waals surface area (Å²) in [6, 6.07) is 15.7. The maximum atomic E-state index is 13.3. The number of hydrogen-bond donors (Lipinski definition) is 2. The van der Waals surface area contributed by atoms with E-state index in [9.17, 15) is 4.39 Å². The van der Waals surface area contributed by atoms with Crippen molar-refractivity contribution >= 4 is 28.5 Å². The van der Waals surface area contributed by atoms with Crippen LogP contribution in [0, 0.1) is 5.82 Å². The lowest BCUT2D eigenvalue weighted by Gasteiger charge is -2.15. The first-order valence-corrected chi connectivity index (χ1v) is 9.31. The van der Waals surface area contributed by atoms with Gasteiger partial charge in [-0.1, -0.05) is 18.2 Å². The molecular weight excluding hydrogens is 387 g/mol. The Kier molecular flexibility index (Phi) is 5.82. The fourth-order valence-corrected chi connectivity index (χ4v) is 2.95. The van der Waals surface area contributed by atoms with Gasteiger partial charge in [-0.3, -0.25) is 0 Å². The molecule has 0 aliphatic heterocycles. The molecule has 0 unspecified atom stereocenters. The molecular formula is C21H21FN6O2. The fourth-order valence-electron chi connectivity index (χ4n) is 2.95. The largest absolute Gasteiger partial charge is 0.354 e. The second kappa shape index (κ2) is 8.85. The lowest BCUT2D eigenvalue weighted by atomic mass is 10.3. The van der Waals surface area contributed by atoms with Gasteiger partial charge >= 0.3 is 0 Å². The number of ether oxygens (including phenoxy) is 2. The average molecular weight is 408 g/mol. The van der Waals surface area contributed by atoms with Crippen LogP contribution in [0.25, 0.3) is 16.7 Å². The summed E-state index contributed by atoms with van der Waals surface area (Å²) in [4.78, 5) is 9.21. The van der Waals surface area contributed by atoms with Crippen molar-refractivity contribution in [2.24, 2.45) is 0 Å². The highest BCUT2D eigenvalue weighted by atomic mass is 19.1. The van der Waals surface area contributed by atoms with Crippen LogP contribution < -0.4 is 10.6 Å². The highest BCUT2D eigenvalue weighted by Gasteiger charge is 2.15. The Hall–Kier alpha value is -3.56. The summed E-state index contributed by atoms with van der Waals surface area (Å²) in [6.45, 7) is 0.355. The summed E-state index contributed by atoms with van der Waals surface area (Å²) >= 11 is 0. The molecule has 0 bridgehead atoms. The minimum Gasteiger partial charge on any atom is -0.354 e. The average Bonchev–Trinajstić information content (AvgIpc) is 3.21. The second-order valence-electron chi connectivity index (χ2n) is 6.44. The van der Waals surface area contributed by atoms with Crippen molar-refractivity contribution in [2.75, 3.05) is 31.4 Å². The molecule has 0 saturated heterocycles. The van der Waals surface area contributed by atoms with E-state index in [0.29, 0.717) is 29.6 Å². The smallest absolute Gasteiger partial charge is 0.226 e. The molecule has 0 radical (unpaired) electrons. The van der Waals surface area contributed by atoms with Crippen molar-refractivity contribution < 1.29 is 13.9 Å². The highest BCUT2D eigenvalue weighted by Crippen LogP contribution is 2.27. The van der Waals surface area contributed by atoms with Crippen molar-refractivity contribution in [3.63, 3.8) is 0 Å². The first-order valence-electron chi connectivity index (χ1n) is 9.31. The van der Waals surface area contributed by atoms with Gasteiger partial charge < -0.3 is 20.1 Å². The second-order valence-corrected chi connectivity index (χ2v) is 6.44. The number of anilines is 3. The Bertz CT molecular complexity index is 1110. The Labute approximate surface area is 172 Å². The molecule has 2 aromatic heterocycles. The van der Waals surface area contributed by atoms with Crippen LogP contribution in [0.2, 0.25) is 0 Å². The van der Waals surface area contributed by atoms with Gasteiger partial charge in [0, 0.05) is 19.9 Å². The number of benzene rings is 2. The third-order valence-corrected chi connectivity index (χ3v) is 4.49. The quantitative estimate of drug-likeness (QED) is 0.430. The zero-order chi connectivity index (χ0) is 20.9. The summed E-state index contributed by atoms with van der Waals surface area (Å²) in [5.74, 6) is 0.615. The molecule has 2 heterocycles. The summed E-state index contributed by atoms with van der Waals surface area (Å²) < 4.78 is 25.4. The van der Waals surface area contributed by atoms with Crippen molar-refractivity contribution in [3.8, 4) is 5.69 Å². The molecule has 4 rings (SSSR count). The summed E-state index contributed by atoms with van der Waals surface area (Å²) in [6.07, 6.45) is 1.25. The van der Waals surface area contributed by atoms with Crippen LogP contribution in [0.15, 0.2) is 60.8 Å². The molecule has 9 heteroatoms. The topological polar surface area (TPSA) is 86.1 Å². The van der Waals surface area contributed by atoms with Crippen molar-refractivity contribution in [1.29, 1.82) is 0 Å². The van der Waals surface area contributed by atoms with E-state index in [0.717, 1.165) is 11.1 Å². The Morgan fingerprint density at radius 2 is 1.73 bits per heavy atom. The maximum Gasteiger partial charge on any atom is 0.226 e. The Balaban J connectivity index is 1.76. The SMILES string of the molecule is COC(CNc1nc(Nc2ccc(F)cc2)c2cnn(-c3ccccc3)c2n1)OC. The minimum absolute atomic E-state index is 0.308. The summed E-state index contributed by atoms with van der Waals surface area (Å²) in [5.41, 5.74) is 2.19. The number of methoxy groups -OCH3 is 2. The van der Waals surface area contributed by atoms with Crippen molar-refractivity contribution in [1.82, 2.24) is 19.7 Å². The number of fused-ring (bicyclic) bond motifs is 1. The molecule has 4 aromatic rings. The molecule has 0 saturated carbocycles. The van der Waals surface area contributed by atoms with Crippen LogP contribution in [-0.4, -0.2) is 46.8 Å². The normalized spacial score (nSPS) is 11.2. The predicted octanol–water partition coefficient (Wildman–Crippen LogP) is 3.73. The third kappa shape index (κ3) is 4.22. The molecule has 0 atom stereocenters. The molecule has 0 fully saturated rings. The number of hydrogen-bond acceptors (Lipinski definition) is 7. The fraction of sp³-hybridized carbons (Fsp3) is 0.190. The van der Waals surface area contributed by atoms with E-state index in [1.54, 1.807) is 37.2 Å².